The number of aryl methyl sites for hydroxylation is 1. The standard InChI is InChI=1S/C21H35N3OS/c1-16(2)14-19-22-17(3)20(26-19)21(25)24-11-7-10-23(12-13-24)15-18-8-5-4-6-9-18/h16,18H,4-15H2,1-3H3. The van der Waals surface area contributed by atoms with Gasteiger partial charge >= 0.3 is 0 Å². The van der Waals surface area contributed by atoms with Crippen molar-refractivity contribution in [1.82, 2.24) is 14.8 Å². The fourth-order valence-corrected chi connectivity index (χ4v) is 5.57. The van der Waals surface area contributed by atoms with Crippen LogP contribution in [0.3, 0.4) is 0 Å². The Hall–Kier alpha value is -0.940. The second-order valence-corrected chi connectivity index (χ2v) is 9.65. The second kappa shape index (κ2) is 9.32. The van der Waals surface area contributed by atoms with Gasteiger partial charge in [-0.3, -0.25) is 4.79 Å². The van der Waals surface area contributed by atoms with E-state index in [-0.39, 0.29) is 5.91 Å². The molecule has 0 bridgehead atoms. The molecule has 3 rings (SSSR count). The van der Waals surface area contributed by atoms with Crippen LogP contribution in [-0.2, 0) is 6.42 Å². The number of amides is 1. The summed E-state index contributed by atoms with van der Waals surface area (Å²) in [5.41, 5.74) is 0.916. The minimum Gasteiger partial charge on any atom is -0.337 e. The number of aromatic nitrogens is 1. The highest BCUT2D eigenvalue weighted by atomic mass is 32.1. The molecule has 0 unspecified atom stereocenters. The van der Waals surface area contributed by atoms with Gasteiger partial charge in [-0.15, -0.1) is 11.3 Å². The second-order valence-electron chi connectivity index (χ2n) is 8.57. The van der Waals surface area contributed by atoms with Crippen LogP contribution in [0.5, 0.6) is 0 Å². The molecule has 1 saturated heterocycles. The third kappa shape index (κ3) is 5.29. The monoisotopic (exact) mass is 377 g/mol. The predicted octanol–water partition coefficient (Wildman–Crippen LogP) is 4.38. The summed E-state index contributed by atoms with van der Waals surface area (Å²) in [5, 5.41) is 1.11. The first-order chi connectivity index (χ1) is 12.5. The Morgan fingerprint density at radius 3 is 2.62 bits per heavy atom. The molecular weight excluding hydrogens is 342 g/mol. The minimum absolute atomic E-state index is 0.203. The molecule has 2 aliphatic rings. The largest absolute Gasteiger partial charge is 0.337 e. The molecule has 0 radical (unpaired) electrons. The van der Waals surface area contributed by atoms with Gasteiger partial charge in [-0.2, -0.15) is 0 Å². The summed E-state index contributed by atoms with van der Waals surface area (Å²) in [6, 6.07) is 0. The molecule has 26 heavy (non-hydrogen) atoms. The van der Waals surface area contributed by atoms with Gasteiger partial charge in [0.25, 0.3) is 5.91 Å². The van der Waals surface area contributed by atoms with E-state index in [2.05, 4.69) is 28.6 Å². The van der Waals surface area contributed by atoms with Crippen LogP contribution >= 0.6 is 11.3 Å². The van der Waals surface area contributed by atoms with Gasteiger partial charge in [0.2, 0.25) is 0 Å². The highest BCUT2D eigenvalue weighted by Gasteiger charge is 2.25. The van der Waals surface area contributed by atoms with Gasteiger partial charge in [0.05, 0.1) is 10.7 Å². The zero-order valence-electron chi connectivity index (χ0n) is 16.8. The van der Waals surface area contributed by atoms with Gasteiger partial charge in [0.1, 0.15) is 4.88 Å². The van der Waals surface area contributed by atoms with Crippen LogP contribution in [0.2, 0.25) is 0 Å². The Balaban J connectivity index is 1.56. The lowest BCUT2D eigenvalue weighted by Gasteiger charge is -2.28. The van der Waals surface area contributed by atoms with Crippen molar-refractivity contribution < 1.29 is 4.79 Å². The number of carbonyl (C=O) groups excluding carboxylic acids is 1. The van der Waals surface area contributed by atoms with Gasteiger partial charge in [-0.05, 0) is 44.6 Å². The first-order valence-electron chi connectivity index (χ1n) is 10.5. The van der Waals surface area contributed by atoms with E-state index in [4.69, 9.17) is 0 Å². The molecule has 4 nitrogen and oxygen atoms in total. The van der Waals surface area contributed by atoms with Gasteiger partial charge in [-0.1, -0.05) is 33.1 Å². The zero-order valence-corrected chi connectivity index (χ0v) is 17.6. The third-order valence-corrected chi connectivity index (χ3v) is 6.90. The summed E-state index contributed by atoms with van der Waals surface area (Å²) in [5.74, 6) is 1.66. The summed E-state index contributed by atoms with van der Waals surface area (Å²) in [4.78, 5) is 23.2. The topological polar surface area (TPSA) is 36.4 Å². The van der Waals surface area contributed by atoms with Gasteiger partial charge in [0, 0.05) is 32.6 Å². The lowest BCUT2D eigenvalue weighted by molar-refractivity contribution is 0.0764. The van der Waals surface area contributed by atoms with Crippen LogP contribution in [0.1, 0.15) is 72.7 Å². The van der Waals surface area contributed by atoms with E-state index in [0.29, 0.717) is 5.92 Å². The Morgan fingerprint density at radius 1 is 1.12 bits per heavy atom. The first kappa shape index (κ1) is 19.8. The van der Waals surface area contributed by atoms with E-state index in [1.165, 1.54) is 38.6 Å². The zero-order chi connectivity index (χ0) is 18.5. The molecule has 0 aromatic carbocycles. The molecule has 0 atom stereocenters. The maximum atomic E-state index is 13.0. The molecule has 1 aliphatic carbocycles. The molecule has 1 aromatic heterocycles. The first-order valence-corrected chi connectivity index (χ1v) is 11.3. The lowest BCUT2D eigenvalue weighted by Crippen LogP contribution is -2.36. The van der Waals surface area contributed by atoms with Crippen molar-refractivity contribution in [3.63, 3.8) is 0 Å². The molecule has 1 aromatic rings. The molecule has 5 heteroatoms. The quantitative estimate of drug-likeness (QED) is 0.764. The molecule has 1 amide bonds. The predicted molar refractivity (Wildman–Crippen MR) is 109 cm³/mol. The average molecular weight is 378 g/mol. The lowest BCUT2D eigenvalue weighted by atomic mass is 9.89. The van der Waals surface area contributed by atoms with E-state index in [9.17, 15) is 4.79 Å². The molecule has 1 saturated carbocycles. The van der Waals surface area contributed by atoms with E-state index < -0.39 is 0 Å². The number of nitrogens with zero attached hydrogens (tertiary/aromatic N) is 3. The summed E-state index contributed by atoms with van der Waals surface area (Å²) in [6.45, 7) is 11.5. The minimum atomic E-state index is 0.203. The van der Waals surface area contributed by atoms with E-state index in [0.717, 1.165) is 60.5 Å². The summed E-state index contributed by atoms with van der Waals surface area (Å²) >= 11 is 1.61. The third-order valence-electron chi connectivity index (χ3n) is 5.73. The van der Waals surface area contributed by atoms with Crippen LogP contribution in [0.15, 0.2) is 0 Å². The van der Waals surface area contributed by atoms with Gasteiger partial charge in [-0.25, -0.2) is 4.98 Å². The average Bonchev–Trinajstić information content (AvgIpc) is 2.81. The SMILES string of the molecule is Cc1nc(CC(C)C)sc1C(=O)N1CCCN(CC2CCCCC2)CC1. The number of hydrogen-bond donors (Lipinski definition) is 0. The van der Waals surface area contributed by atoms with Crippen LogP contribution < -0.4 is 0 Å². The molecule has 1 aliphatic heterocycles. The molecule has 2 fully saturated rings. The maximum Gasteiger partial charge on any atom is 0.265 e. The maximum absolute atomic E-state index is 13.0. The van der Waals surface area contributed by atoms with Crippen molar-refractivity contribution >= 4 is 17.2 Å². The Kier molecular flexibility index (Phi) is 7.10. The molecule has 0 spiro atoms. The number of thiazole rings is 1. The molecule has 146 valence electrons. The highest BCUT2D eigenvalue weighted by molar-refractivity contribution is 7.13. The fraction of sp³-hybridized carbons (Fsp3) is 0.810. The molecular formula is C21H35N3OS. The Bertz CT molecular complexity index is 592. The smallest absolute Gasteiger partial charge is 0.265 e. The van der Waals surface area contributed by atoms with Crippen molar-refractivity contribution in [3.05, 3.63) is 15.6 Å². The molecule has 2 heterocycles. The Morgan fingerprint density at radius 2 is 1.88 bits per heavy atom. The van der Waals surface area contributed by atoms with Crippen LogP contribution in [0.4, 0.5) is 0 Å². The van der Waals surface area contributed by atoms with Crippen molar-refractivity contribution in [2.24, 2.45) is 11.8 Å². The van der Waals surface area contributed by atoms with Crippen molar-refractivity contribution in [1.29, 1.82) is 0 Å². The normalized spacial score (nSPS) is 20.5. The Labute approximate surface area is 163 Å². The molecule has 0 N–H and O–H groups in total. The van der Waals surface area contributed by atoms with Crippen molar-refractivity contribution in [3.8, 4) is 0 Å². The summed E-state index contributed by atoms with van der Waals surface area (Å²) < 4.78 is 0. The van der Waals surface area contributed by atoms with Gasteiger partial charge < -0.3 is 9.80 Å². The number of carbonyl (C=O) groups is 1. The number of hydrogen-bond acceptors (Lipinski definition) is 4. The fourth-order valence-electron chi connectivity index (χ4n) is 4.32. The summed E-state index contributed by atoms with van der Waals surface area (Å²) in [7, 11) is 0. The summed E-state index contributed by atoms with van der Waals surface area (Å²) in [6.07, 6.45) is 9.10. The van der Waals surface area contributed by atoms with E-state index >= 15 is 0 Å². The van der Waals surface area contributed by atoms with Crippen molar-refractivity contribution in [2.75, 3.05) is 32.7 Å². The van der Waals surface area contributed by atoms with Crippen molar-refractivity contribution in [2.45, 2.75) is 65.7 Å². The highest BCUT2D eigenvalue weighted by Crippen LogP contribution is 2.26. The number of rotatable bonds is 5. The van der Waals surface area contributed by atoms with E-state index in [1.54, 1.807) is 11.3 Å². The van der Waals surface area contributed by atoms with Crippen LogP contribution in [0.25, 0.3) is 0 Å². The van der Waals surface area contributed by atoms with Gasteiger partial charge in [0.15, 0.2) is 0 Å². The van der Waals surface area contributed by atoms with Crippen LogP contribution in [0, 0.1) is 18.8 Å². The van der Waals surface area contributed by atoms with E-state index in [1.807, 2.05) is 6.92 Å². The van der Waals surface area contributed by atoms with Crippen LogP contribution in [-0.4, -0.2) is 53.4 Å².